The summed E-state index contributed by atoms with van der Waals surface area (Å²) in [5.41, 5.74) is 9.71. The molecule has 6 aromatic carbocycles. The molecule has 0 unspecified atom stereocenters. The van der Waals surface area contributed by atoms with Gasteiger partial charge < -0.3 is 39.9 Å². The number of hydrogen-bond donors (Lipinski definition) is 4. The summed E-state index contributed by atoms with van der Waals surface area (Å²) < 4.78 is 143. The topological polar surface area (TPSA) is 371 Å². The molecule has 0 heterocycles. The first-order chi connectivity index (χ1) is 26.8. The number of hydrogen-bond acceptors (Lipinski definition) is 20. The molecule has 0 aliphatic carbocycles. The van der Waals surface area contributed by atoms with Crippen molar-refractivity contribution in [3.63, 3.8) is 0 Å². The van der Waals surface area contributed by atoms with Crippen LogP contribution in [-0.4, -0.2) is 62.1 Å². The van der Waals surface area contributed by atoms with Gasteiger partial charge in [0.15, 0.2) is 0 Å². The van der Waals surface area contributed by atoms with Gasteiger partial charge in [0.05, 0.1) is 29.6 Å². The molecule has 30 heteroatoms. The second kappa shape index (κ2) is 21.0. The van der Waals surface area contributed by atoms with E-state index in [4.69, 9.17) is 34.7 Å². The van der Waals surface area contributed by atoms with Crippen LogP contribution in [0.2, 0.25) is 10.0 Å². The number of halogens is 2. The number of nitrogens with zero attached hydrogens (tertiary/aromatic N) is 4. The van der Waals surface area contributed by atoms with Gasteiger partial charge in [-0.25, -0.2) is 33.7 Å². The number of azo groups is 2. The third-order valence-electron chi connectivity index (χ3n) is 8.17. The number of rotatable bonds is 9. The Balaban J connectivity index is 0.00000331. The van der Waals surface area contributed by atoms with E-state index in [1.807, 2.05) is 0 Å². The molecule has 0 spiro atoms. The van der Waals surface area contributed by atoms with E-state index in [0.29, 0.717) is 35.4 Å². The number of anilines is 2. The second-order valence-corrected chi connectivity index (χ2v) is 18.2. The molecule has 0 atom stereocenters. The van der Waals surface area contributed by atoms with Crippen LogP contribution in [0, 0.1) is 0 Å². The second-order valence-electron chi connectivity index (χ2n) is 11.9. The van der Waals surface area contributed by atoms with Crippen molar-refractivity contribution in [2.24, 2.45) is 20.5 Å². The molecule has 0 amide bonds. The van der Waals surface area contributed by atoms with E-state index in [1.165, 1.54) is 36.4 Å². The van der Waals surface area contributed by atoms with E-state index < -0.39 is 105 Å². The first-order valence-corrected chi connectivity index (χ1v) is 21.6. The van der Waals surface area contributed by atoms with Crippen LogP contribution in [0.25, 0.3) is 32.7 Å². The summed E-state index contributed by atoms with van der Waals surface area (Å²) >= 11 is 12.9. The third-order valence-corrected chi connectivity index (χ3v) is 12.1. The molecule has 6 rings (SSSR count). The quantitative estimate of drug-likeness (QED) is 0.0453. The van der Waals surface area contributed by atoms with Crippen molar-refractivity contribution in [2.75, 3.05) is 11.5 Å². The van der Waals surface area contributed by atoms with Crippen LogP contribution in [0.5, 0.6) is 11.5 Å². The SMILES string of the molecule is Nc1cc(S(=O)(=O)[O-])cc2c(N=Nc3ccc(-c4ccc(N=Nc5c(S(=O)(=O)[O-])cc(O)c6c(N)cc(S(=O)(=O)[O-])cc56)c(Cl)c4)cc3Cl)c(S(=O)(=O)[O-])cc(O)c12.[Na+].[Na+].[Na+].[Na+]. The van der Waals surface area contributed by atoms with Crippen molar-refractivity contribution in [2.45, 2.75) is 19.6 Å². The summed E-state index contributed by atoms with van der Waals surface area (Å²) in [5, 5.41) is 34.3. The van der Waals surface area contributed by atoms with E-state index in [1.54, 1.807) is 0 Å². The summed E-state index contributed by atoms with van der Waals surface area (Å²) in [6, 6.07) is 12.0. The Bertz CT molecular complexity index is 3100. The van der Waals surface area contributed by atoms with Gasteiger partial charge in [0.1, 0.15) is 74.7 Å². The van der Waals surface area contributed by atoms with Crippen molar-refractivity contribution >= 4 is 119 Å². The Morgan fingerprint density at radius 2 is 0.790 bits per heavy atom. The van der Waals surface area contributed by atoms with Crippen LogP contribution in [-0.2, 0) is 40.5 Å². The molecular weight excluding hydrogens is 984 g/mol. The number of nitrogens with two attached hydrogens (primary N) is 2. The van der Waals surface area contributed by atoms with Crippen LogP contribution in [0.3, 0.4) is 0 Å². The van der Waals surface area contributed by atoms with E-state index >= 15 is 0 Å². The molecule has 0 radical (unpaired) electrons. The maximum absolute atomic E-state index is 12.1. The van der Waals surface area contributed by atoms with Crippen molar-refractivity contribution in [1.29, 1.82) is 0 Å². The van der Waals surface area contributed by atoms with Gasteiger partial charge in [-0.3, -0.25) is 0 Å². The van der Waals surface area contributed by atoms with Gasteiger partial charge in [-0.05, 0) is 59.7 Å². The standard InChI is InChI=1S/C32H22Cl2N6O14S4.4Na/c33-19-5-13(1-3-23(19)37-39-31-17-7-15(55(43,44)45)9-21(35)29(17)25(41)11-27(31)57(49,50)51)14-2-4-24(20(34)6-14)38-40-32-18-8-16(56(46,47)48)10-22(36)30(18)26(42)12-28(32)58(52,53)54;;;;/h1-12,41-42H,35-36H2,(H,43,44,45)(H,46,47,48)(H,49,50,51)(H,52,53,54);;;;/q;4*+1/p-4. The number of nitrogen functional groups attached to an aromatic ring is 2. The minimum absolute atomic E-state index is 0. The van der Waals surface area contributed by atoms with Crippen molar-refractivity contribution < 1.29 is 180 Å². The molecular formula is C32H18Cl2N6Na4O14S4. The molecule has 20 nitrogen and oxygen atoms in total. The Labute approximate surface area is 450 Å². The van der Waals surface area contributed by atoms with Crippen LogP contribution < -0.4 is 130 Å². The predicted molar refractivity (Wildman–Crippen MR) is 202 cm³/mol. The molecule has 0 bridgehead atoms. The van der Waals surface area contributed by atoms with Gasteiger partial charge in [-0.15, -0.1) is 20.5 Å². The van der Waals surface area contributed by atoms with Gasteiger partial charge in [0, 0.05) is 45.1 Å². The van der Waals surface area contributed by atoms with Crippen LogP contribution in [0.1, 0.15) is 0 Å². The average molecular weight is 1000 g/mol. The molecule has 0 saturated heterocycles. The molecule has 0 aromatic heterocycles. The summed E-state index contributed by atoms with van der Waals surface area (Å²) in [7, 11) is -21.2. The van der Waals surface area contributed by atoms with Gasteiger partial charge in [0.25, 0.3) is 0 Å². The monoisotopic (exact) mass is 1000 g/mol. The largest absolute Gasteiger partial charge is 1.00 e. The van der Waals surface area contributed by atoms with Crippen LogP contribution >= 0.6 is 23.2 Å². The van der Waals surface area contributed by atoms with Gasteiger partial charge in [-0.1, -0.05) is 35.3 Å². The zero-order valence-electron chi connectivity index (χ0n) is 32.1. The Morgan fingerprint density at radius 3 is 1.06 bits per heavy atom. The number of phenolic OH excluding ortho intramolecular Hbond substituents is 2. The number of benzene rings is 6. The number of phenols is 2. The molecule has 6 aromatic rings. The van der Waals surface area contributed by atoms with E-state index in [2.05, 4.69) is 20.5 Å². The number of fused-ring (bicyclic) bond motifs is 2. The zero-order valence-corrected chi connectivity index (χ0v) is 44.8. The molecule has 0 aliphatic heterocycles. The first-order valence-electron chi connectivity index (χ1n) is 15.2. The maximum Gasteiger partial charge on any atom is 1.00 e. The summed E-state index contributed by atoms with van der Waals surface area (Å²) in [4.78, 5) is -4.11. The van der Waals surface area contributed by atoms with Crippen LogP contribution in [0.4, 0.5) is 34.1 Å². The summed E-state index contributed by atoms with van der Waals surface area (Å²) in [6.45, 7) is 0. The fourth-order valence-corrected chi connectivity index (χ4v) is 8.42. The molecule has 0 fully saturated rings. The van der Waals surface area contributed by atoms with Gasteiger partial charge >= 0.3 is 118 Å². The predicted octanol–water partition coefficient (Wildman–Crippen LogP) is -5.99. The fraction of sp³-hybridized carbons (Fsp3) is 0. The first kappa shape index (κ1) is 56.6. The molecule has 0 aliphatic rings. The fourth-order valence-electron chi connectivity index (χ4n) is 5.63. The Morgan fingerprint density at radius 1 is 0.468 bits per heavy atom. The summed E-state index contributed by atoms with van der Waals surface area (Å²) in [6.07, 6.45) is 0. The van der Waals surface area contributed by atoms with Gasteiger partial charge in [-0.2, -0.15) is 0 Å². The van der Waals surface area contributed by atoms with Crippen molar-refractivity contribution in [3.05, 3.63) is 82.8 Å². The van der Waals surface area contributed by atoms with E-state index in [-0.39, 0.29) is 150 Å². The van der Waals surface area contributed by atoms with Crippen LogP contribution in [0.15, 0.2) is 113 Å². The normalized spacial score (nSPS) is 12.2. The van der Waals surface area contributed by atoms with Crippen molar-refractivity contribution in [1.82, 2.24) is 0 Å². The zero-order chi connectivity index (χ0) is 42.9. The molecule has 0 saturated carbocycles. The minimum atomic E-state index is -5.40. The van der Waals surface area contributed by atoms with Gasteiger partial charge in [0.2, 0.25) is 0 Å². The Hall–Kier alpha value is -1.54. The molecule has 302 valence electrons. The third kappa shape index (κ3) is 12.1. The average Bonchev–Trinajstić information content (AvgIpc) is 3.09. The molecule has 6 N–H and O–H groups in total. The smallest absolute Gasteiger partial charge is 0.744 e. The molecule has 62 heavy (non-hydrogen) atoms. The summed E-state index contributed by atoms with van der Waals surface area (Å²) in [5.74, 6) is -1.68. The Kier molecular flexibility index (Phi) is 19.1. The van der Waals surface area contributed by atoms with E-state index in [0.717, 1.165) is 12.1 Å². The maximum atomic E-state index is 12.1. The van der Waals surface area contributed by atoms with E-state index in [9.17, 15) is 62.1 Å². The number of aromatic hydroxyl groups is 2. The van der Waals surface area contributed by atoms with Crippen molar-refractivity contribution in [3.8, 4) is 22.6 Å². The minimum Gasteiger partial charge on any atom is -0.744 e.